The lowest BCUT2D eigenvalue weighted by atomic mass is 10.1. The van der Waals surface area contributed by atoms with Crippen LogP contribution in [-0.2, 0) is 0 Å². The average molecular weight is 233 g/mol. The molecule has 6 heteroatoms. The van der Waals surface area contributed by atoms with Crippen molar-refractivity contribution in [2.75, 3.05) is 6.61 Å². The first-order valence-corrected chi connectivity index (χ1v) is 5.39. The standard InChI is InChI=1S/C11H15N5O/c1-2-17-9-5-3-8(4-6-9)10(15-12)11-13-7-14-16-11/h3-7,10,15H,2,12H2,1H3,(H,13,14,16). The Bertz CT molecular complexity index is 439. The molecule has 0 bridgehead atoms. The Morgan fingerprint density at radius 3 is 2.71 bits per heavy atom. The molecule has 0 fully saturated rings. The molecule has 2 rings (SSSR count). The van der Waals surface area contributed by atoms with Crippen LogP contribution in [0.1, 0.15) is 24.4 Å². The fourth-order valence-electron chi connectivity index (χ4n) is 1.61. The van der Waals surface area contributed by atoms with Gasteiger partial charge in [0, 0.05) is 0 Å². The maximum absolute atomic E-state index is 5.52. The van der Waals surface area contributed by atoms with Crippen LogP contribution in [0.3, 0.4) is 0 Å². The largest absolute Gasteiger partial charge is 0.494 e. The summed E-state index contributed by atoms with van der Waals surface area (Å²) in [6.45, 7) is 2.60. The van der Waals surface area contributed by atoms with Gasteiger partial charge in [-0.15, -0.1) is 0 Å². The molecule has 2 aromatic rings. The van der Waals surface area contributed by atoms with Crippen molar-refractivity contribution < 1.29 is 4.74 Å². The predicted molar refractivity (Wildman–Crippen MR) is 63.2 cm³/mol. The van der Waals surface area contributed by atoms with Gasteiger partial charge in [0.05, 0.1) is 6.61 Å². The lowest BCUT2D eigenvalue weighted by molar-refractivity contribution is 0.340. The molecule has 1 unspecified atom stereocenters. The van der Waals surface area contributed by atoms with E-state index in [4.69, 9.17) is 10.6 Å². The Labute approximate surface area is 99.2 Å². The van der Waals surface area contributed by atoms with Gasteiger partial charge in [0.15, 0.2) is 0 Å². The van der Waals surface area contributed by atoms with E-state index < -0.39 is 0 Å². The minimum Gasteiger partial charge on any atom is -0.494 e. The van der Waals surface area contributed by atoms with E-state index in [0.717, 1.165) is 11.3 Å². The highest BCUT2D eigenvalue weighted by Gasteiger charge is 2.14. The Balaban J connectivity index is 2.20. The molecular formula is C11H15N5O. The summed E-state index contributed by atoms with van der Waals surface area (Å²) in [4.78, 5) is 4.08. The van der Waals surface area contributed by atoms with Crippen LogP contribution in [0.5, 0.6) is 5.75 Å². The second-order valence-corrected chi connectivity index (χ2v) is 3.47. The predicted octanol–water partition coefficient (Wildman–Crippen LogP) is 0.756. The van der Waals surface area contributed by atoms with E-state index in [0.29, 0.717) is 12.4 Å². The number of aromatic nitrogens is 3. The second kappa shape index (κ2) is 5.42. The highest BCUT2D eigenvalue weighted by Crippen LogP contribution is 2.20. The molecule has 17 heavy (non-hydrogen) atoms. The molecule has 0 saturated carbocycles. The summed E-state index contributed by atoms with van der Waals surface area (Å²) in [6.07, 6.45) is 1.45. The maximum Gasteiger partial charge on any atom is 0.147 e. The summed E-state index contributed by atoms with van der Waals surface area (Å²) in [7, 11) is 0. The molecule has 1 heterocycles. The molecule has 6 nitrogen and oxygen atoms in total. The van der Waals surface area contributed by atoms with Crippen molar-refractivity contribution in [2.24, 2.45) is 5.84 Å². The highest BCUT2D eigenvalue weighted by atomic mass is 16.5. The van der Waals surface area contributed by atoms with Gasteiger partial charge in [0.1, 0.15) is 23.9 Å². The number of hydrogen-bond acceptors (Lipinski definition) is 5. The fraction of sp³-hybridized carbons (Fsp3) is 0.273. The summed E-state index contributed by atoms with van der Waals surface area (Å²) in [5.74, 6) is 7.04. The van der Waals surface area contributed by atoms with Gasteiger partial charge in [-0.25, -0.2) is 10.4 Å². The van der Waals surface area contributed by atoms with Crippen LogP contribution in [0.15, 0.2) is 30.6 Å². The quantitative estimate of drug-likeness (QED) is 0.524. The molecule has 1 aromatic heterocycles. The molecule has 1 atom stereocenters. The number of H-pyrrole nitrogens is 1. The zero-order valence-corrected chi connectivity index (χ0v) is 9.55. The Morgan fingerprint density at radius 2 is 2.18 bits per heavy atom. The lowest BCUT2D eigenvalue weighted by Crippen LogP contribution is -2.29. The van der Waals surface area contributed by atoms with Crippen molar-refractivity contribution in [3.63, 3.8) is 0 Å². The Kier molecular flexibility index (Phi) is 3.69. The first-order valence-electron chi connectivity index (χ1n) is 5.39. The molecule has 1 aromatic carbocycles. The molecule has 0 aliphatic carbocycles. The molecule has 0 saturated heterocycles. The lowest BCUT2D eigenvalue weighted by Gasteiger charge is -2.13. The van der Waals surface area contributed by atoms with Crippen molar-refractivity contribution >= 4 is 0 Å². The number of hydrazine groups is 1. The van der Waals surface area contributed by atoms with Crippen molar-refractivity contribution in [1.82, 2.24) is 20.6 Å². The smallest absolute Gasteiger partial charge is 0.147 e. The monoisotopic (exact) mass is 233 g/mol. The number of hydrogen-bond donors (Lipinski definition) is 3. The maximum atomic E-state index is 5.52. The minimum atomic E-state index is -0.201. The molecular weight excluding hydrogens is 218 g/mol. The van der Waals surface area contributed by atoms with E-state index in [2.05, 4.69) is 20.6 Å². The average Bonchev–Trinajstić information content (AvgIpc) is 2.86. The van der Waals surface area contributed by atoms with E-state index in [1.54, 1.807) is 0 Å². The summed E-state index contributed by atoms with van der Waals surface area (Å²) >= 11 is 0. The number of aromatic amines is 1. The van der Waals surface area contributed by atoms with Gasteiger partial charge in [-0.1, -0.05) is 12.1 Å². The van der Waals surface area contributed by atoms with Gasteiger partial charge in [0.25, 0.3) is 0 Å². The van der Waals surface area contributed by atoms with Crippen LogP contribution in [0.2, 0.25) is 0 Å². The van der Waals surface area contributed by atoms with Gasteiger partial charge >= 0.3 is 0 Å². The topological polar surface area (TPSA) is 88.8 Å². The highest BCUT2D eigenvalue weighted by molar-refractivity contribution is 5.31. The molecule has 0 spiro atoms. The van der Waals surface area contributed by atoms with Crippen molar-refractivity contribution in [1.29, 1.82) is 0 Å². The van der Waals surface area contributed by atoms with Crippen LogP contribution < -0.4 is 16.0 Å². The normalized spacial score (nSPS) is 12.4. The van der Waals surface area contributed by atoms with E-state index >= 15 is 0 Å². The van der Waals surface area contributed by atoms with E-state index in [-0.39, 0.29) is 6.04 Å². The number of rotatable bonds is 5. The van der Waals surface area contributed by atoms with Crippen LogP contribution >= 0.6 is 0 Å². The van der Waals surface area contributed by atoms with Gasteiger partial charge in [-0.05, 0) is 24.6 Å². The molecule has 90 valence electrons. The Hall–Kier alpha value is -1.92. The zero-order chi connectivity index (χ0) is 12.1. The third-order valence-electron chi connectivity index (χ3n) is 2.40. The number of nitrogens with zero attached hydrogens (tertiary/aromatic N) is 2. The van der Waals surface area contributed by atoms with Crippen LogP contribution in [0, 0.1) is 0 Å². The molecule has 0 aliphatic rings. The Morgan fingerprint density at radius 1 is 1.41 bits per heavy atom. The number of ether oxygens (including phenoxy) is 1. The van der Waals surface area contributed by atoms with E-state index in [1.165, 1.54) is 6.33 Å². The van der Waals surface area contributed by atoms with Crippen LogP contribution in [0.25, 0.3) is 0 Å². The third-order valence-corrected chi connectivity index (χ3v) is 2.40. The van der Waals surface area contributed by atoms with Crippen molar-refractivity contribution in [3.8, 4) is 5.75 Å². The SMILES string of the molecule is CCOc1ccc(C(NN)c2ncn[nH]2)cc1. The fourth-order valence-corrected chi connectivity index (χ4v) is 1.61. The number of nitrogens with two attached hydrogens (primary N) is 1. The van der Waals surface area contributed by atoms with Gasteiger partial charge < -0.3 is 4.74 Å². The van der Waals surface area contributed by atoms with Gasteiger partial charge in [-0.2, -0.15) is 5.10 Å². The number of benzene rings is 1. The summed E-state index contributed by atoms with van der Waals surface area (Å²) in [5.41, 5.74) is 3.69. The van der Waals surface area contributed by atoms with Gasteiger partial charge in [-0.3, -0.25) is 10.9 Å². The first-order chi connectivity index (χ1) is 8.35. The molecule has 0 radical (unpaired) electrons. The summed E-state index contributed by atoms with van der Waals surface area (Å²) in [6, 6.07) is 7.49. The minimum absolute atomic E-state index is 0.201. The second-order valence-electron chi connectivity index (χ2n) is 3.47. The van der Waals surface area contributed by atoms with Crippen molar-refractivity contribution in [3.05, 3.63) is 42.0 Å². The number of nitrogens with one attached hydrogen (secondary N) is 2. The van der Waals surface area contributed by atoms with Gasteiger partial charge in [0.2, 0.25) is 0 Å². The summed E-state index contributed by atoms with van der Waals surface area (Å²) < 4.78 is 5.38. The summed E-state index contributed by atoms with van der Waals surface area (Å²) in [5, 5.41) is 6.60. The van der Waals surface area contributed by atoms with Crippen LogP contribution in [0.4, 0.5) is 0 Å². The third kappa shape index (κ3) is 2.61. The molecule has 0 aliphatic heterocycles. The van der Waals surface area contributed by atoms with E-state index in [1.807, 2.05) is 31.2 Å². The first kappa shape index (κ1) is 11.6. The van der Waals surface area contributed by atoms with E-state index in [9.17, 15) is 0 Å². The molecule has 4 N–H and O–H groups in total. The molecule has 0 amide bonds. The van der Waals surface area contributed by atoms with Crippen molar-refractivity contribution in [2.45, 2.75) is 13.0 Å². The zero-order valence-electron chi connectivity index (χ0n) is 9.55. The van der Waals surface area contributed by atoms with Crippen LogP contribution in [-0.4, -0.2) is 21.8 Å².